The predicted molar refractivity (Wildman–Crippen MR) is 100 cm³/mol. The molecule has 22 heavy (non-hydrogen) atoms. The molecule has 0 N–H and O–H groups in total. The van der Waals surface area contributed by atoms with E-state index in [0.29, 0.717) is 0 Å². The summed E-state index contributed by atoms with van der Waals surface area (Å²) in [6, 6.07) is 17.1. The van der Waals surface area contributed by atoms with Crippen molar-refractivity contribution < 1.29 is 0 Å². The smallest absolute Gasteiger partial charge is 0.0138 e. The molecule has 0 spiro atoms. The topological polar surface area (TPSA) is 0 Å². The molecule has 0 atom stereocenters. The van der Waals surface area contributed by atoms with E-state index in [0.717, 1.165) is 6.42 Å². The van der Waals surface area contributed by atoms with Crippen LogP contribution < -0.4 is 0 Å². The van der Waals surface area contributed by atoms with Crippen LogP contribution in [-0.2, 0) is 0 Å². The van der Waals surface area contributed by atoms with Crippen LogP contribution in [0.3, 0.4) is 0 Å². The zero-order valence-corrected chi connectivity index (χ0v) is 14.6. The highest BCUT2D eigenvalue weighted by Gasteiger charge is 1.94. The number of allylic oxidation sites excluding steroid dienone is 3. The minimum atomic E-state index is 0.972. The molecule has 0 heteroatoms. The second kappa shape index (κ2) is 9.04. The van der Waals surface area contributed by atoms with Crippen molar-refractivity contribution in [1.29, 1.82) is 0 Å². The Morgan fingerprint density at radius 2 is 1.14 bits per heavy atom. The van der Waals surface area contributed by atoms with Crippen LogP contribution in [0.2, 0.25) is 0 Å². The Balaban J connectivity index is 0.000000255. The fraction of sp³-hybridized carbons (Fsp3) is 0.273. The van der Waals surface area contributed by atoms with Gasteiger partial charge in [-0.05, 0) is 52.2 Å². The Kier molecular flexibility index (Phi) is 7.39. The zero-order chi connectivity index (χ0) is 16.5. The molecule has 0 radical (unpaired) electrons. The van der Waals surface area contributed by atoms with Gasteiger partial charge >= 0.3 is 0 Å². The van der Waals surface area contributed by atoms with Gasteiger partial charge in [0.1, 0.15) is 0 Å². The lowest BCUT2D eigenvalue weighted by Crippen LogP contribution is -1.80. The Morgan fingerprint density at radius 1 is 0.773 bits per heavy atom. The van der Waals surface area contributed by atoms with E-state index in [9.17, 15) is 0 Å². The summed E-state index contributed by atoms with van der Waals surface area (Å²) < 4.78 is 0. The van der Waals surface area contributed by atoms with Crippen molar-refractivity contribution in [2.24, 2.45) is 0 Å². The minimum absolute atomic E-state index is 0.972. The van der Waals surface area contributed by atoms with E-state index in [1.807, 2.05) is 0 Å². The molecule has 0 saturated carbocycles. The van der Waals surface area contributed by atoms with Gasteiger partial charge in [-0.1, -0.05) is 83.4 Å². The average Bonchev–Trinajstić information content (AvgIpc) is 2.49. The van der Waals surface area contributed by atoms with Crippen molar-refractivity contribution in [2.45, 2.75) is 41.0 Å². The summed E-state index contributed by atoms with van der Waals surface area (Å²) in [5.74, 6) is 0. The molecule has 0 bridgehead atoms. The van der Waals surface area contributed by atoms with Crippen molar-refractivity contribution >= 4 is 5.57 Å². The molecule has 0 aromatic heterocycles. The van der Waals surface area contributed by atoms with E-state index in [2.05, 4.69) is 95.8 Å². The highest BCUT2D eigenvalue weighted by atomic mass is 14.0. The quantitative estimate of drug-likeness (QED) is 0.554. The summed E-state index contributed by atoms with van der Waals surface area (Å²) in [5, 5.41) is 0. The lowest BCUT2D eigenvalue weighted by atomic mass is 10.0. The van der Waals surface area contributed by atoms with E-state index in [1.54, 1.807) is 0 Å². The molecular formula is C22H28. The first-order valence-corrected chi connectivity index (χ1v) is 7.80. The Labute approximate surface area is 136 Å². The molecule has 0 aliphatic rings. The van der Waals surface area contributed by atoms with Gasteiger partial charge in [-0.2, -0.15) is 0 Å². The summed E-state index contributed by atoms with van der Waals surface area (Å²) in [7, 11) is 0. The third-order valence-corrected chi connectivity index (χ3v) is 3.48. The third kappa shape index (κ3) is 7.08. The number of rotatable bonds is 3. The van der Waals surface area contributed by atoms with E-state index in [1.165, 1.54) is 33.4 Å². The van der Waals surface area contributed by atoms with E-state index in [4.69, 9.17) is 0 Å². The molecule has 0 amide bonds. The fourth-order valence-corrected chi connectivity index (χ4v) is 1.90. The first-order valence-electron chi connectivity index (χ1n) is 7.80. The van der Waals surface area contributed by atoms with Crippen LogP contribution in [-0.4, -0.2) is 0 Å². The predicted octanol–water partition coefficient (Wildman–Crippen LogP) is 6.67. The van der Waals surface area contributed by atoms with Gasteiger partial charge in [0.05, 0.1) is 0 Å². The summed E-state index contributed by atoms with van der Waals surface area (Å²) in [6.45, 7) is 14.4. The van der Waals surface area contributed by atoms with Crippen LogP contribution in [0.4, 0.5) is 0 Å². The maximum atomic E-state index is 3.89. The van der Waals surface area contributed by atoms with Gasteiger partial charge in [-0.15, -0.1) is 0 Å². The van der Waals surface area contributed by atoms with Crippen molar-refractivity contribution in [2.75, 3.05) is 0 Å². The molecule has 0 aliphatic carbocycles. The van der Waals surface area contributed by atoms with Gasteiger partial charge in [-0.3, -0.25) is 0 Å². The van der Waals surface area contributed by atoms with Crippen LogP contribution in [0.1, 0.15) is 42.5 Å². The fourth-order valence-electron chi connectivity index (χ4n) is 1.90. The maximum absolute atomic E-state index is 3.89. The van der Waals surface area contributed by atoms with Gasteiger partial charge in [0, 0.05) is 0 Å². The summed E-state index contributed by atoms with van der Waals surface area (Å²) in [5.41, 5.74) is 7.80. The number of hydrogen-bond acceptors (Lipinski definition) is 0. The molecule has 0 saturated heterocycles. The van der Waals surface area contributed by atoms with Gasteiger partial charge in [-0.25, -0.2) is 0 Å². The van der Waals surface area contributed by atoms with Crippen molar-refractivity contribution in [3.8, 4) is 0 Å². The SMILES string of the molecule is C=C(C)C/C=C(\C)c1ccc(C)cc1.Cc1ccc(C)cc1. The molecule has 0 nitrogen and oxygen atoms in total. The van der Waals surface area contributed by atoms with E-state index in [-0.39, 0.29) is 0 Å². The normalized spacial score (nSPS) is 10.7. The lowest BCUT2D eigenvalue weighted by Gasteiger charge is -2.02. The Morgan fingerprint density at radius 3 is 1.50 bits per heavy atom. The van der Waals surface area contributed by atoms with Gasteiger partial charge in [0.15, 0.2) is 0 Å². The molecule has 2 rings (SSSR count). The Bertz CT molecular complexity index is 589. The Hall–Kier alpha value is -2.08. The molecular weight excluding hydrogens is 264 g/mol. The van der Waals surface area contributed by atoms with E-state index < -0.39 is 0 Å². The summed E-state index contributed by atoms with van der Waals surface area (Å²) in [6.07, 6.45) is 3.20. The first-order chi connectivity index (χ1) is 10.4. The largest absolute Gasteiger partial charge is 0.0998 e. The van der Waals surface area contributed by atoms with E-state index >= 15 is 0 Å². The third-order valence-electron chi connectivity index (χ3n) is 3.48. The molecule has 116 valence electrons. The standard InChI is InChI=1S/C14H18.C8H10/c1-11(2)5-8-13(4)14-9-6-12(3)7-10-14;1-7-3-5-8(2)6-4-7/h6-10H,1,5H2,2-4H3;3-6H,1-2H3/b13-8+;. The molecule has 0 aliphatic heterocycles. The van der Waals surface area contributed by atoms with Gasteiger partial charge < -0.3 is 0 Å². The van der Waals surface area contributed by atoms with Gasteiger partial charge in [0.2, 0.25) is 0 Å². The van der Waals surface area contributed by atoms with Crippen LogP contribution in [0.25, 0.3) is 5.57 Å². The van der Waals surface area contributed by atoms with Crippen molar-refractivity contribution in [1.82, 2.24) is 0 Å². The minimum Gasteiger partial charge on any atom is -0.0998 e. The molecule has 2 aromatic carbocycles. The maximum Gasteiger partial charge on any atom is -0.0138 e. The second-order valence-electron chi connectivity index (χ2n) is 6.07. The van der Waals surface area contributed by atoms with Crippen molar-refractivity contribution in [3.05, 3.63) is 89.0 Å². The highest BCUT2D eigenvalue weighted by molar-refractivity contribution is 5.64. The number of benzene rings is 2. The first kappa shape index (κ1) is 18.0. The monoisotopic (exact) mass is 292 g/mol. The van der Waals surface area contributed by atoms with Gasteiger partial charge in [0.25, 0.3) is 0 Å². The van der Waals surface area contributed by atoms with Crippen LogP contribution in [0.5, 0.6) is 0 Å². The molecule has 0 fully saturated rings. The number of hydrogen-bond donors (Lipinski definition) is 0. The zero-order valence-electron chi connectivity index (χ0n) is 14.6. The molecule has 0 unspecified atom stereocenters. The summed E-state index contributed by atoms with van der Waals surface area (Å²) in [4.78, 5) is 0. The molecule has 0 heterocycles. The highest BCUT2D eigenvalue weighted by Crippen LogP contribution is 2.16. The van der Waals surface area contributed by atoms with Crippen LogP contribution in [0.15, 0.2) is 66.8 Å². The average molecular weight is 292 g/mol. The summed E-state index contributed by atoms with van der Waals surface area (Å²) >= 11 is 0. The van der Waals surface area contributed by atoms with Crippen LogP contribution in [0, 0.1) is 20.8 Å². The number of aryl methyl sites for hydroxylation is 3. The van der Waals surface area contributed by atoms with Crippen molar-refractivity contribution in [3.63, 3.8) is 0 Å². The van der Waals surface area contributed by atoms with Crippen LogP contribution >= 0.6 is 0 Å². The second-order valence-corrected chi connectivity index (χ2v) is 6.07. The lowest BCUT2D eigenvalue weighted by molar-refractivity contribution is 1.22. The molecule has 2 aromatic rings.